The van der Waals surface area contributed by atoms with Crippen LogP contribution in [0.1, 0.15) is 23.2 Å². The summed E-state index contributed by atoms with van der Waals surface area (Å²) in [6, 6.07) is 4.11. The molecule has 0 fully saturated rings. The Labute approximate surface area is 106 Å². The molecule has 88 valence electrons. The molecule has 17 heavy (non-hydrogen) atoms. The van der Waals surface area contributed by atoms with E-state index < -0.39 is 0 Å². The minimum Gasteiger partial charge on any atom is -0.387 e. The van der Waals surface area contributed by atoms with E-state index in [9.17, 15) is 0 Å². The van der Waals surface area contributed by atoms with E-state index in [4.69, 9.17) is 16.6 Å². The van der Waals surface area contributed by atoms with Crippen molar-refractivity contribution in [2.75, 3.05) is 12.4 Å². The number of fused-ring (bicyclic) bond motifs is 2. The third-order valence-corrected chi connectivity index (χ3v) is 3.95. The average molecular weight is 247 g/mol. The minimum absolute atomic E-state index is 0.796. The predicted molar refractivity (Wildman–Crippen MR) is 73.1 cm³/mol. The van der Waals surface area contributed by atoms with E-state index in [2.05, 4.69) is 11.4 Å². The van der Waals surface area contributed by atoms with Crippen LogP contribution in [0.4, 0.5) is 5.69 Å². The second-order valence-corrected chi connectivity index (χ2v) is 5.04. The number of pyridine rings is 1. The lowest BCUT2D eigenvalue weighted by Crippen LogP contribution is -1.99. The van der Waals surface area contributed by atoms with Gasteiger partial charge in [-0.15, -0.1) is 0 Å². The summed E-state index contributed by atoms with van der Waals surface area (Å²) < 4.78 is 0. The van der Waals surface area contributed by atoms with Crippen molar-refractivity contribution in [3.05, 3.63) is 34.0 Å². The van der Waals surface area contributed by atoms with Crippen molar-refractivity contribution in [2.24, 2.45) is 0 Å². The molecular weight excluding hydrogens is 232 g/mol. The fourth-order valence-corrected chi connectivity index (χ4v) is 2.84. The Hall–Kier alpha value is -1.28. The maximum absolute atomic E-state index is 6.17. The van der Waals surface area contributed by atoms with Gasteiger partial charge in [-0.2, -0.15) is 0 Å². The molecule has 1 heterocycles. The number of benzene rings is 1. The molecule has 0 radical (unpaired) electrons. The molecule has 0 spiro atoms. The molecule has 1 aromatic heterocycles. The highest BCUT2D eigenvalue weighted by atomic mass is 35.5. The van der Waals surface area contributed by atoms with E-state index in [1.807, 2.05) is 20.0 Å². The van der Waals surface area contributed by atoms with Crippen molar-refractivity contribution < 1.29 is 0 Å². The van der Waals surface area contributed by atoms with Crippen molar-refractivity contribution in [1.29, 1.82) is 0 Å². The molecule has 0 saturated carbocycles. The lowest BCUT2D eigenvalue weighted by molar-refractivity contribution is 0.901. The van der Waals surface area contributed by atoms with Crippen LogP contribution in [0.3, 0.4) is 0 Å². The van der Waals surface area contributed by atoms with Crippen LogP contribution in [0.25, 0.3) is 10.9 Å². The van der Waals surface area contributed by atoms with Gasteiger partial charge in [0.05, 0.1) is 5.52 Å². The standard InChI is InChI=1S/C14H15ClN2/c1-8-6-10-13(7-11(8)15)17-12-5-3-4-9(12)14(10)16-2/h6-7H,3-5H2,1-2H3,(H,16,17). The van der Waals surface area contributed by atoms with Gasteiger partial charge < -0.3 is 5.32 Å². The number of hydrogen-bond donors (Lipinski definition) is 1. The summed E-state index contributed by atoms with van der Waals surface area (Å²) in [4.78, 5) is 4.74. The Bertz CT molecular complexity index is 605. The lowest BCUT2D eigenvalue weighted by Gasteiger charge is -2.13. The van der Waals surface area contributed by atoms with E-state index in [0.29, 0.717) is 0 Å². The Morgan fingerprint density at radius 2 is 2.12 bits per heavy atom. The zero-order valence-corrected chi connectivity index (χ0v) is 10.9. The molecule has 0 aliphatic heterocycles. The minimum atomic E-state index is 0.796. The van der Waals surface area contributed by atoms with Crippen LogP contribution in [-0.2, 0) is 12.8 Å². The first-order chi connectivity index (χ1) is 8.20. The van der Waals surface area contributed by atoms with Crippen LogP contribution in [0.15, 0.2) is 12.1 Å². The number of nitrogens with one attached hydrogen (secondary N) is 1. The van der Waals surface area contributed by atoms with Crippen LogP contribution >= 0.6 is 11.6 Å². The summed E-state index contributed by atoms with van der Waals surface area (Å²) in [5, 5.41) is 5.32. The summed E-state index contributed by atoms with van der Waals surface area (Å²) in [6.07, 6.45) is 3.43. The summed E-state index contributed by atoms with van der Waals surface area (Å²) in [7, 11) is 1.98. The molecule has 1 aromatic carbocycles. The van der Waals surface area contributed by atoms with Gasteiger partial charge in [-0.05, 0) is 49.4 Å². The van der Waals surface area contributed by atoms with Crippen LogP contribution in [0.2, 0.25) is 5.02 Å². The van der Waals surface area contributed by atoms with E-state index >= 15 is 0 Å². The Morgan fingerprint density at radius 1 is 1.29 bits per heavy atom. The van der Waals surface area contributed by atoms with Crippen molar-refractivity contribution in [3.63, 3.8) is 0 Å². The van der Waals surface area contributed by atoms with Crippen molar-refractivity contribution in [1.82, 2.24) is 4.98 Å². The fraction of sp³-hybridized carbons (Fsp3) is 0.357. The van der Waals surface area contributed by atoms with Gasteiger partial charge in [-0.25, -0.2) is 0 Å². The maximum atomic E-state index is 6.17. The molecule has 3 heteroatoms. The van der Waals surface area contributed by atoms with Crippen molar-refractivity contribution >= 4 is 28.2 Å². The highest BCUT2D eigenvalue weighted by Gasteiger charge is 2.19. The highest BCUT2D eigenvalue weighted by Crippen LogP contribution is 2.35. The number of aromatic nitrogens is 1. The molecule has 1 N–H and O–H groups in total. The van der Waals surface area contributed by atoms with Gasteiger partial charge in [0.2, 0.25) is 0 Å². The smallest absolute Gasteiger partial charge is 0.0741 e. The Morgan fingerprint density at radius 3 is 2.88 bits per heavy atom. The van der Waals surface area contributed by atoms with E-state index in [-0.39, 0.29) is 0 Å². The van der Waals surface area contributed by atoms with Crippen LogP contribution < -0.4 is 5.32 Å². The van der Waals surface area contributed by atoms with Gasteiger partial charge in [0.15, 0.2) is 0 Å². The SMILES string of the molecule is CNc1c2c(nc3cc(Cl)c(C)cc13)CCC2. The van der Waals surface area contributed by atoms with Gasteiger partial charge in [0, 0.05) is 28.8 Å². The van der Waals surface area contributed by atoms with Crippen molar-refractivity contribution in [3.8, 4) is 0 Å². The maximum Gasteiger partial charge on any atom is 0.0741 e. The van der Waals surface area contributed by atoms with Crippen LogP contribution in [0.5, 0.6) is 0 Å². The summed E-state index contributed by atoms with van der Waals surface area (Å²) in [5.41, 5.74) is 5.98. The van der Waals surface area contributed by atoms with Gasteiger partial charge in [0.25, 0.3) is 0 Å². The molecule has 1 aliphatic carbocycles. The number of hydrogen-bond acceptors (Lipinski definition) is 2. The number of nitrogens with zero attached hydrogens (tertiary/aromatic N) is 1. The van der Waals surface area contributed by atoms with E-state index in [1.165, 1.54) is 28.8 Å². The first kappa shape index (κ1) is 10.8. The molecular formula is C14H15ClN2. The number of anilines is 1. The zero-order chi connectivity index (χ0) is 12.0. The summed E-state index contributed by atoms with van der Waals surface area (Å²) >= 11 is 6.17. The Balaban J connectivity index is 2.41. The average Bonchev–Trinajstić information content (AvgIpc) is 2.75. The van der Waals surface area contributed by atoms with Gasteiger partial charge >= 0.3 is 0 Å². The van der Waals surface area contributed by atoms with Crippen LogP contribution in [0, 0.1) is 6.92 Å². The quantitative estimate of drug-likeness (QED) is 0.830. The molecule has 0 atom stereocenters. The van der Waals surface area contributed by atoms with Crippen molar-refractivity contribution in [2.45, 2.75) is 26.2 Å². The highest BCUT2D eigenvalue weighted by molar-refractivity contribution is 6.32. The molecule has 0 amide bonds. The monoisotopic (exact) mass is 246 g/mol. The number of rotatable bonds is 1. The van der Waals surface area contributed by atoms with Crippen LogP contribution in [-0.4, -0.2) is 12.0 Å². The third kappa shape index (κ3) is 1.59. The topological polar surface area (TPSA) is 24.9 Å². The molecule has 2 aromatic rings. The Kier molecular flexibility index (Phi) is 2.48. The van der Waals surface area contributed by atoms with Gasteiger partial charge in [0.1, 0.15) is 0 Å². The lowest BCUT2D eigenvalue weighted by atomic mass is 10.0. The normalized spacial score (nSPS) is 14.1. The molecule has 2 nitrogen and oxygen atoms in total. The summed E-state index contributed by atoms with van der Waals surface area (Å²) in [6.45, 7) is 2.04. The first-order valence-corrected chi connectivity index (χ1v) is 6.38. The van der Waals surface area contributed by atoms with E-state index in [0.717, 1.165) is 28.9 Å². The molecule has 0 saturated heterocycles. The van der Waals surface area contributed by atoms with E-state index in [1.54, 1.807) is 0 Å². The number of halogens is 1. The van der Waals surface area contributed by atoms with Gasteiger partial charge in [-0.3, -0.25) is 4.98 Å². The zero-order valence-electron chi connectivity index (χ0n) is 10.1. The largest absolute Gasteiger partial charge is 0.387 e. The predicted octanol–water partition coefficient (Wildman–Crippen LogP) is 3.73. The fourth-order valence-electron chi connectivity index (χ4n) is 2.68. The molecule has 1 aliphatic rings. The first-order valence-electron chi connectivity index (χ1n) is 6.00. The number of aryl methyl sites for hydroxylation is 2. The molecule has 0 unspecified atom stereocenters. The molecule has 0 bridgehead atoms. The second kappa shape index (κ2) is 3.88. The second-order valence-electron chi connectivity index (χ2n) is 4.63. The molecule has 3 rings (SSSR count). The summed E-state index contributed by atoms with van der Waals surface area (Å²) in [5.74, 6) is 0. The van der Waals surface area contributed by atoms with Gasteiger partial charge in [-0.1, -0.05) is 11.6 Å². The third-order valence-electron chi connectivity index (χ3n) is 3.54.